The van der Waals surface area contributed by atoms with Crippen molar-refractivity contribution in [3.8, 4) is 5.75 Å². The monoisotopic (exact) mass is 308 g/mol. The Balaban J connectivity index is 1.71. The third kappa shape index (κ3) is 3.37. The number of pyridine rings is 1. The maximum atomic E-state index is 12.4. The van der Waals surface area contributed by atoms with E-state index >= 15 is 0 Å². The fourth-order valence-corrected chi connectivity index (χ4v) is 2.56. The predicted molar refractivity (Wildman–Crippen MR) is 90.9 cm³/mol. The molecule has 1 atom stereocenters. The second kappa shape index (κ2) is 6.57. The van der Waals surface area contributed by atoms with Gasteiger partial charge in [0.15, 0.2) is 0 Å². The van der Waals surface area contributed by atoms with E-state index in [0.29, 0.717) is 12.2 Å². The number of hydrogen-bond acceptors (Lipinski definition) is 2. The first-order valence-electron chi connectivity index (χ1n) is 7.77. The van der Waals surface area contributed by atoms with Crippen LogP contribution in [0.3, 0.4) is 0 Å². The number of nitrogens with zero attached hydrogens (tertiary/aromatic N) is 1. The largest absolute Gasteiger partial charge is 0.494 e. The van der Waals surface area contributed by atoms with Gasteiger partial charge in [0, 0.05) is 17.9 Å². The fourth-order valence-electron chi connectivity index (χ4n) is 2.56. The second-order valence-corrected chi connectivity index (χ2v) is 5.46. The van der Waals surface area contributed by atoms with Gasteiger partial charge in [-0.1, -0.05) is 18.2 Å². The Morgan fingerprint density at radius 2 is 2.00 bits per heavy atom. The molecule has 4 nitrogen and oxygen atoms in total. The number of hydrogen-bond donors (Lipinski definition) is 1. The first-order chi connectivity index (χ1) is 11.2. The molecule has 0 aliphatic rings. The quantitative estimate of drug-likeness (QED) is 0.778. The van der Waals surface area contributed by atoms with Gasteiger partial charge in [0.05, 0.1) is 18.2 Å². The molecule has 118 valence electrons. The summed E-state index contributed by atoms with van der Waals surface area (Å²) in [5, 5.41) is 3.03. The van der Waals surface area contributed by atoms with E-state index in [1.54, 1.807) is 0 Å². The Morgan fingerprint density at radius 1 is 1.22 bits per heavy atom. The number of nitrogens with one attached hydrogen (secondary N) is 1. The molecule has 1 unspecified atom stereocenters. The van der Waals surface area contributed by atoms with Crippen LogP contribution in [0, 0.1) is 0 Å². The van der Waals surface area contributed by atoms with Crippen molar-refractivity contribution < 1.29 is 9.53 Å². The molecule has 2 aromatic heterocycles. The van der Waals surface area contributed by atoms with Crippen molar-refractivity contribution in [3.63, 3.8) is 0 Å². The van der Waals surface area contributed by atoms with Crippen molar-refractivity contribution >= 4 is 11.4 Å². The lowest BCUT2D eigenvalue weighted by molar-refractivity contribution is 0.0940. The summed E-state index contributed by atoms with van der Waals surface area (Å²) in [6, 6.07) is 15.5. The van der Waals surface area contributed by atoms with Gasteiger partial charge in [0.1, 0.15) is 5.75 Å². The number of carbonyl (C=O) groups is 1. The topological polar surface area (TPSA) is 42.7 Å². The number of fused-ring (bicyclic) bond motifs is 1. The molecular formula is C19H20N2O2. The average Bonchev–Trinajstić information content (AvgIpc) is 3.00. The summed E-state index contributed by atoms with van der Waals surface area (Å²) in [5.74, 6) is 0.767. The van der Waals surface area contributed by atoms with Crippen molar-refractivity contribution in [2.45, 2.75) is 19.9 Å². The summed E-state index contributed by atoms with van der Waals surface area (Å²) in [4.78, 5) is 12.4. The molecule has 2 heterocycles. The van der Waals surface area contributed by atoms with Crippen LogP contribution in [0.5, 0.6) is 5.75 Å². The normalized spacial score (nSPS) is 12.1. The zero-order chi connectivity index (χ0) is 16.2. The zero-order valence-corrected chi connectivity index (χ0v) is 13.3. The van der Waals surface area contributed by atoms with Gasteiger partial charge in [-0.15, -0.1) is 0 Å². The first kappa shape index (κ1) is 15.2. The van der Waals surface area contributed by atoms with Gasteiger partial charge in [-0.3, -0.25) is 4.79 Å². The lowest BCUT2D eigenvalue weighted by Crippen LogP contribution is -2.26. The maximum Gasteiger partial charge on any atom is 0.253 e. The number of amides is 1. The molecule has 0 fully saturated rings. The number of benzene rings is 1. The molecule has 23 heavy (non-hydrogen) atoms. The van der Waals surface area contributed by atoms with Crippen LogP contribution in [0.4, 0.5) is 0 Å². The van der Waals surface area contributed by atoms with E-state index < -0.39 is 0 Å². The highest BCUT2D eigenvalue weighted by Gasteiger charge is 2.13. The Kier molecular flexibility index (Phi) is 4.33. The van der Waals surface area contributed by atoms with Crippen LogP contribution in [0.1, 0.15) is 35.8 Å². The summed E-state index contributed by atoms with van der Waals surface area (Å²) in [5.41, 5.74) is 2.71. The van der Waals surface area contributed by atoms with Crippen molar-refractivity contribution in [2.75, 3.05) is 6.61 Å². The van der Waals surface area contributed by atoms with Gasteiger partial charge in [-0.2, -0.15) is 0 Å². The second-order valence-electron chi connectivity index (χ2n) is 5.46. The molecule has 0 aliphatic heterocycles. The molecule has 0 saturated heterocycles. The third-order valence-electron chi connectivity index (χ3n) is 3.81. The Hall–Kier alpha value is -2.75. The van der Waals surface area contributed by atoms with E-state index in [-0.39, 0.29) is 11.9 Å². The summed E-state index contributed by atoms with van der Waals surface area (Å²) < 4.78 is 7.38. The van der Waals surface area contributed by atoms with E-state index in [0.717, 1.165) is 16.8 Å². The standard InChI is InChI=1S/C19H20N2O2/c1-3-23-18-9-7-15(8-10-18)14(2)20-19(22)16-12-17-6-4-5-11-21(17)13-16/h4-14H,3H2,1-2H3,(H,20,22). The molecule has 0 bridgehead atoms. The van der Waals surface area contributed by atoms with Crippen molar-refractivity contribution in [2.24, 2.45) is 0 Å². The van der Waals surface area contributed by atoms with Crippen LogP contribution in [-0.2, 0) is 0 Å². The lowest BCUT2D eigenvalue weighted by Gasteiger charge is -2.14. The van der Waals surface area contributed by atoms with E-state index in [2.05, 4.69) is 5.32 Å². The highest BCUT2D eigenvalue weighted by molar-refractivity contribution is 5.95. The van der Waals surface area contributed by atoms with Gasteiger partial charge >= 0.3 is 0 Å². The number of rotatable bonds is 5. The molecule has 4 heteroatoms. The number of carbonyl (C=O) groups excluding carboxylic acids is 1. The molecule has 3 aromatic rings. The molecule has 1 N–H and O–H groups in total. The molecule has 0 spiro atoms. The smallest absolute Gasteiger partial charge is 0.253 e. The van der Waals surface area contributed by atoms with Crippen molar-refractivity contribution in [1.82, 2.24) is 9.72 Å². The molecule has 0 saturated carbocycles. The van der Waals surface area contributed by atoms with Crippen LogP contribution in [0.15, 0.2) is 60.9 Å². The number of ether oxygens (including phenoxy) is 1. The van der Waals surface area contributed by atoms with Gasteiger partial charge in [-0.25, -0.2) is 0 Å². The van der Waals surface area contributed by atoms with E-state index in [4.69, 9.17) is 4.74 Å². The SMILES string of the molecule is CCOc1ccc(C(C)NC(=O)c2cc3ccccn3c2)cc1. The third-order valence-corrected chi connectivity index (χ3v) is 3.81. The van der Waals surface area contributed by atoms with Gasteiger partial charge in [-0.05, 0) is 49.7 Å². The van der Waals surface area contributed by atoms with E-state index in [1.165, 1.54) is 0 Å². The summed E-state index contributed by atoms with van der Waals surface area (Å²) >= 11 is 0. The summed E-state index contributed by atoms with van der Waals surface area (Å²) in [6.45, 7) is 4.58. The molecule has 1 amide bonds. The van der Waals surface area contributed by atoms with Crippen molar-refractivity contribution in [3.05, 3.63) is 72.1 Å². The van der Waals surface area contributed by atoms with Gasteiger partial charge in [0.25, 0.3) is 5.91 Å². The molecule has 0 aliphatic carbocycles. The Morgan fingerprint density at radius 3 is 2.70 bits per heavy atom. The Bertz CT molecular complexity index is 773. The molecule has 0 radical (unpaired) electrons. The van der Waals surface area contributed by atoms with Crippen LogP contribution >= 0.6 is 0 Å². The Labute approximate surface area is 135 Å². The highest BCUT2D eigenvalue weighted by Crippen LogP contribution is 2.18. The molecular weight excluding hydrogens is 288 g/mol. The van der Waals surface area contributed by atoms with Crippen LogP contribution < -0.4 is 10.1 Å². The summed E-state index contributed by atoms with van der Waals surface area (Å²) in [7, 11) is 0. The lowest BCUT2D eigenvalue weighted by atomic mass is 10.1. The first-order valence-corrected chi connectivity index (χ1v) is 7.77. The fraction of sp³-hybridized carbons (Fsp3) is 0.211. The molecule has 3 rings (SSSR count). The van der Waals surface area contributed by atoms with Gasteiger partial charge in [0.2, 0.25) is 0 Å². The van der Waals surface area contributed by atoms with Crippen LogP contribution in [0.2, 0.25) is 0 Å². The minimum absolute atomic E-state index is 0.0683. The minimum atomic E-state index is -0.0740. The van der Waals surface area contributed by atoms with Crippen LogP contribution in [-0.4, -0.2) is 16.9 Å². The van der Waals surface area contributed by atoms with E-state index in [1.807, 2.05) is 79.2 Å². The number of aromatic nitrogens is 1. The summed E-state index contributed by atoms with van der Waals surface area (Å²) in [6.07, 6.45) is 3.78. The van der Waals surface area contributed by atoms with Crippen molar-refractivity contribution in [1.29, 1.82) is 0 Å². The van der Waals surface area contributed by atoms with E-state index in [9.17, 15) is 4.79 Å². The average molecular weight is 308 g/mol. The van der Waals surface area contributed by atoms with Gasteiger partial charge < -0.3 is 14.5 Å². The minimum Gasteiger partial charge on any atom is -0.494 e. The highest BCUT2D eigenvalue weighted by atomic mass is 16.5. The molecule has 1 aromatic carbocycles. The maximum absolute atomic E-state index is 12.4. The van der Waals surface area contributed by atoms with Crippen LogP contribution in [0.25, 0.3) is 5.52 Å². The predicted octanol–water partition coefficient (Wildman–Crippen LogP) is 3.83. The zero-order valence-electron chi connectivity index (χ0n) is 13.3.